The quantitative estimate of drug-likeness (QED) is 0.161. The third-order valence-electron chi connectivity index (χ3n) is 6.99. The molecule has 0 radical (unpaired) electrons. The van der Waals surface area contributed by atoms with Gasteiger partial charge in [0.25, 0.3) is 0 Å². The number of aryl methyl sites for hydroxylation is 1. The van der Waals surface area contributed by atoms with Crippen LogP contribution in [0.4, 0.5) is 5.69 Å². The number of thiophene rings is 1. The molecule has 0 atom stereocenters. The smallest absolute Gasteiger partial charge is 0.348 e. The first-order chi connectivity index (χ1) is 20.0. The highest BCUT2D eigenvalue weighted by atomic mass is 35.5. The van der Waals surface area contributed by atoms with Crippen molar-refractivity contribution in [2.45, 2.75) is 46.3 Å². The molecule has 1 aliphatic heterocycles. The number of fused-ring (bicyclic) bond motifs is 1. The number of halogens is 1. The van der Waals surface area contributed by atoms with E-state index in [2.05, 4.69) is 32.2 Å². The Labute approximate surface area is 254 Å². The lowest BCUT2D eigenvalue weighted by molar-refractivity contribution is -0.133. The summed E-state index contributed by atoms with van der Waals surface area (Å²) in [6.07, 6.45) is 2.29. The molecule has 0 saturated heterocycles. The van der Waals surface area contributed by atoms with Crippen molar-refractivity contribution in [2.24, 2.45) is 0 Å². The van der Waals surface area contributed by atoms with Crippen molar-refractivity contribution in [2.75, 3.05) is 12.4 Å². The molecule has 3 aromatic carbocycles. The summed E-state index contributed by atoms with van der Waals surface area (Å²) in [4.78, 5) is 27.2. The van der Waals surface area contributed by atoms with Crippen molar-refractivity contribution >= 4 is 46.1 Å². The van der Waals surface area contributed by atoms with Gasteiger partial charge in [0.15, 0.2) is 0 Å². The molecule has 1 aromatic heterocycles. The maximum absolute atomic E-state index is 12.9. The largest absolute Gasteiger partial charge is 0.496 e. The number of hydrogen-bond donors (Lipinski definition) is 1. The van der Waals surface area contributed by atoms with Gasteiger partial charge in [-0.3, -0.25) is 4.79 Å². The Hall–Kier alpha value is -4.07. The predicted molar refractivity (Wildman–Crippen MR) is 169 cm³/mol. The van der Waals surface area contributed by atoms with Crippen LogP contribution in [0.15, 0.2) is 72.8 Å². The van der Waals surface area contributed by atoms with E-state index in [4.69, 9.17) is 25.8 Å². The molecule has 0 aliphatic carbocycles. The Morgan fingerprint density at radius 3 is 2.38 bits per heavy atom. The van der Waals surface area contributed by atoms with E-state index in [1.54, 1.807) is 49.6 Å². The molecule has 0 fully saturated rings. The van der Waals surface area contributed by atoms with E-state index in [9.17, 15) is 9.59 Å². The van der Waals surface area contributed by atoms with Gasteiger partial charge < -0.3 is 19.5 Å². The molecule has 0 bridgehead atoms. The van der Waals surface area contributed by atoms with E-state index in [1.807, 2.05) is 31.2 Å². The van der Waals surface area contributed by atoms with E-state index in [0.717, 1.165) is 44.0 Å². The number of rotatable bonds is 8. The van der Waals surface area contributed by atoms with Crippen LogP contribution in [-0.2, 0) is 22.6 Å². The zero-order chi connectivity index (χ0) is 30.0. The Bertz CT molecular complexity index is 1690. The van der Waals surface area contributed by atoms with Crippen molar-refractivity contribution in [1.82, 2.24) is 0 Å². The van der Waals surface area contributed by atoms with Crippen molar-refractivity contribution in [1.29, 1.82) is 0 Å². The summed E-state index contributed by atoms with van der Waals surface area (Å²) < 4.78 is 17.3. The number of hydrogen-bond acceptors (Lipinski definition) is 7. The number of anilines is 1. The zero-order valence-corrected chi connectivity index (χ0v) is 25.7. The average molecular weight is 602 g/mol. The van der Waals surface area contributed by atoms with Crippen LogP contribution in [0.5, 0.6) is 11.5 Å². The number of carbonyl (C=O) groups is 2. The molecule has 0 unspecified atom stereocenters. The first kappa shape index (κ1) is 29.4. The van der Waals surface area contributed by atoms with Gasteiger partial charge in [-0.1, -0.05) is 35.9 Å². The number of carbonyl (C=O) groups excluding carboxylic acids is 2. The zero-order valence-electron chi connectivity index (χ0n) is 24.2. The van der Waals surface area contributed by atoms with Crippen LogP contribution >= 0.6 is 22.9 Å². The second-order valence-corrected chi connectivity index (χ2v) is 12.5. The summed E-state index contributed by atoms with van der Waals surface area (Å²) in [5, 5.41) is 4.19. The molecule has 1 aliphatic rings. The topological polar surface area (TPSA) is 73.9 Å². The van der Waals surface area contributed by atoms with E-state index in [1.165, 1.54) is 11.3 Å². The highest BCUT2D eigenvalue weighted by Crippen LogP contribution is 2.43. The van der Waals surface area contributed by atoms with Gasteiger partial charge in [-0.25, -0.2) is 4.79 Å². The fraction of sp³-hybridized carbons (Fsp3) is 0.235. The number of ether oxygens (including phenoxy) is 3. The lowest BCUT2D eigenvalue weighted by atomic mass is 9.85. The molecular weight excluding hydrogens is 570 g/mol. The Kier molecular flexibility index (Phi) is 8.43. The van der Waals surface area contributed by atoms with Gasteiger partial charge >= 0.3 is 11.9 Å². The van der Waals surface area contributed by atoms with Gasteiger partial charge in [-0.15, -0.1) is 11.3 Å². The maximum Gasteiger partial charge on any atom is 0.348 e. The molecule has 4 aromatic rings. The third-order valence-corrected chi connectivity index (χ3v) is 8.22. The van der Waals surface area contributed by atoms with Crippen LogP contribution in [0.1, 0.15) is 52.0 Å². The van der Waals surface area contributed by atoms with Gasteiger partial charge in [0.05, 0.1) is 19.1 Å². The predicted octanol–water partition coefficient (Wildman–Crippen LogP) is 8.50. The number of nitrogens with one attached hydrogen (secondary N) is 1. The second kappa shape index (κ2) is 12.0. The van der Waals surface area contributed by atoms with Gasteiger partial charge in [-0.2, -0.15) is 0 Å². The minimum atomic E-state index is -0.397. The number of allylic oxidation sites excluding steroid dienone is 1. The lowest BCUT2D eigenvalue weighted by Crippen LogP contribution is -2.32. The lowest BCUT2D eigenvalue weighted by Gasteiger charge is -2.33. The summed E-state index contributed by atoms with van der Waals surface area (Å²) in [5.74, 6) is 0.135. The van der Waals surface area contributed by atoms with Crippen LogP contribution in [0.2, 0.25) is 5.02 Å². The van der Waals surface area contributed by atoms with Crippen molar-refractivity contribution in [3.05, 3.63) is 104 Å². The van der Waals surface area contributed by atoms with Gasteiger partial charge in [0.1, 0.15) is 23.0 Å². The van der Waals surface area contributed by atoms with Gasteiger partial charge in [0, 0.05) is 38.3 Å². The number of methoxy groups -OCH3 is 1. The average Bonchev–Trinajstić information content (AvgIpc) is 3.38. The normalized spacial score (nSPS) is 13.4. The standard InChI is InChI=1S/C34H32ClNO5S/c1-20-18-34(3,4)36-28-14-13-25(27(32(20)28)19-40-33(38)30-15-6-21(2)42-30)26-12-11-24(17-29(26)39-5)41-31(37)16-22-7-9-23(35)10-8-22/h6-15,17-18,36H,16,19H2,1-5H3. The summed E-state index contributed by atoms with van der Waals surface area (Å²) in [5.41, 5.74) is 6.12. The Balaban J connectivity index is 1.48. The Morgan fingerprint density at radius 2 is 1.69 bits per heavy atom. The van der Waals surface area contributed by atoms with E-state index >= 15 is 0 Å². The highest BCUT2D eigenvalue weighted by Gasteiger charge is 2.27. The second-order valence-electron chi connectivity index (χ2n) is 10.8. The minimum absolute atomic E-state index is 0.0720. The van der Waals surface area contributed by atoms with E-state index in [0.29, 0.717) is 21.4 Å². The maximum atomic E-state index is 12.9. The van der Waals surface area contributed by atoms with Gasteiger partial charge in [0.2, 0.25) is 0 Å². The molecule has 0 saturated carbocycles. The summed E-state index contributed by atoms with van der Waals surface area (Å²) in [6, 6.07) is 20.1. The van der Waals surface area contributed by atoms with Crippen molar-refractivity contribution < 1.29 is 23.8 Å². The Morgan fingerprint density at radius 1 is 0.952 bits per heavy atom. The highest BCUT2D eigenvalue weighted by molar-refractivity contribution is 7.13. The molecule has 42 heavy (non-hydrogen) atoms. The molecule has 8 heteroatoms. The van der Waals surface area contributed by atoms with Crippen LogP contribution in [0, 0.1) is 6.92 Å². The fourth-order valence-electron chi connectivity index (χ4n) is 5.25. The van der Waals surface area contributed by atoms with E-state index in [-0.39, 0.29) is 24.5 Å². The molecule has 5 rings (SSSR count). The van der Waals surface area contributed by atoms with Crippen molar-refractivity contribution in [3.8, 4) is 22.6 Å². The molecule has 0 amide bonds. The first-order valence-corrected chi connectivity index (χ1v) is 14.7. The van der Waals surface area contributed by atoms with Crippen LogP contribution in [-0.4, -0.2) is 24.6 Å². The van der Waals surface area contributed by atoms with Gasteiger partial charge in [-0.05, 0) is 86.9 Å². The number of esters is 2. The monoisotopic (exact) mass is 601 g/mol. The summed E-state index contributed by atoms with van der Waals surface area (Å²) in [7, 11) is 1.57. The van der Waals surface area contributed by atoms with Crippen LogP contribution in [0.3, 0.4) is 0 Å². The number of benzene rings is 3. The summed E-state index contributed by atoms with van der Waals surface area (Å²) >= 11 is 7.36. The van der Waals surface area contributed by atoms with Crippen LogP contribution in [0.25, 0.3) is 16.7 Å². The fourth-order valence-corrected chi connectivity index (χ4v) is 6.14. The summed E-state index contributed by atoms with van der Waals surface area (Å²) in [6.45, 7) is 8.33. The first-order valence-electron chi connectivity index (χ1n) is 13.5. The molecular formula is C34H32ClNO5S. The molecule has 0 spiro atoms. The molecule has 6 nitrogen and oxygen atoms in total. The van der Waals surface area contributed by atoms with Crippen molar-refractivity contribution in [3.63, 3.8) is 0 Å². The molecule has 216 valence electrons. The van der Waals surface area contributed by atoms with E-state index < -0.39 is 5.97 Å². The third kappa shape index (κ3) is 6.53. The molecule has 1 N–H and O–H groups in total. The van der Waals surface area contributed by atoms with Crippen LogP contribution < -0.4 is 14.8 Å². The minimum Gasteiger partial charge on any atom is -0.496 e. The SMILES string of the molecule is COc1cc(OC(=O)Cc2ccc(Cl)cc2)ccc1-c1ccc2c(c1COC(=O)c1ccc(C)s1)C(C)=CC(C)(C)N2. The molecule has 2 heterocycles.